The minimum Gasteiger partial charge on any atom is -0.497 e. The molecule has 134 valence electrons. The summed E-state index contributed by atoms with van der Waals surface area (Å²) in [7, 11) is 1.63. The molecule has 0 spiro atoms. The molecule has 0 bridgehead atoms. The predicted octanol–water partition coefficient (Wildman–Crippen LogP) is 2.63. The van der Waals surface area contributed by atoms with Crippen LogP contribution in [-0.2, 0) is 22.6 Å². The van der Waals surface area contributed by atoms with Crippen molar-refractivity contribution in [2.75, 3.05) is 25.1 Å². The molecule has 2 aliphatic heterocycles. The molecule has 2 amide bonds. The van der Waals surface area contributed by atoms with Gasteiger partial charge in [-0.3, -0.25) is 9.59 Å². The number of rotatable bonds is 4. The Bertz CT molecular complexity index is 831. The Balaban J connectivity index is 1.43. The summed E-state index contributed by atoms with van der Waals surface area (Å²) in [6.07, 6.45) is 1.19. The van der Waals surface area contributed by atoms with Crippen LogP contribution in [0.2, 0.25) is 0 Å². The SMILES string of the molecule is COc1ccc(CN2CC(C(=O)N3CCc4ccccc43)CC2=O)cc1. The van der Waals surface area contributed by atoms with Crippen molar-refractivity contribution in [3.8, 4) is 5.75 Å². The van der Waals surface area contributed by atoms with Gasteiger partial charge in [-0.2, -0.15) is 0 Å². The highest BCUT2D eigenvalue weighted by atomic mass is 16.5. The van der Waals surface area contributed by atoms with E-state index in [0.29, 0.717) is 26.1 Å². The molecule has 1 fully saturated rings. The van der Waals surface area contributed by atoms with E-state index in [4.69, 9.17) is 4.74 Å². The van der Waals surface area contributed by atoms with Gasteiger partial charge in [0.2, 0.25) is 11.8 Å². The van der Waals surface area contributed by atoms with Gasteiger partial charge in [0.05, 0.1) is 13.0 Å². The Morgan fingerprint density at radius 3 is 2.69 bits per heavy atom. The summed E-state index contributed by atoms with van der Waals surface area (Å²) in [4.78, 5) is 29.0. The maximum absolute atomic E-state index is 13.0. The Hall–Kier alpha value is -2.82. The quantitative estimate of drug-likeness (QED) is 0.852. The van der Waals surface area contributed by atoms with Gasteiger partial charge in [0.15, 0.2) is 0 Å². The van der Waals surface area contributed by atoms with Crippen molar-refractivity contribution < 1.29 is 14.3 Å². The zero-order valence-corrected chi connectivity index (χ0v) is 14.9. The van der Waals surface area contributed by atoms with E-state index in [2.05, 4.69) is 6.07 Å². The van der Waals surface area contributed by atoms with Crippen LogP contribution in [-0.4, -0.2) is 36.9 Å². The summed E-state index contributed by atoms with van der Waals surface area (Å²) < 4.78 is 5.16. The standard InChI is InChI=1S/C21H22N2O3/c1-26-18-8-6-15(7-9-18)13-22-14-17(12-20(22)24)21(25)23-11-10-16-4-2-3-5-19(16)23/h2-9,17H,10-14H2,1H3. The van der Waals surface area contributed by atoms with Crippen molar-refractivity contribution in [1.29, 1.82) is 0 Å². The van der Waals surface area contributed by atoms with Crippen LogP contribution in [0.5, 0.6) is 5.75 Å². The monoisotopic (exact) mass is 350 g/mol. The summed E-state index contributed by atoms with van der Waals surface area (Å²) in [5.41, 5.74) is 3.25. The first-order valence-electron chi connectivity index (χ1n) is 8.95. The molecule has 0 aromatic heterocycles. The summed E-state index contributed by atoms with van der Waals surface area (Å²) in [5.74, 6) is 0.654. The molecule has 1 unspecified atom stereocenters. The lowest BCUT2D eigenvalue weighted by Gasteiger charge is -2.21. The first-order chi connectivity index (χ1) is 12.7. The van der Waals surface area contributed by atoms with E-state index < -0.39 is 0 Å². The van der Waals surface area contributed by atoms with Gasteiger partial charge in [-0.05, 0) is 35.7 Å². The molecule has 2 heterocycles. The van der Waals surface area contributed by atoms with Crippen LogP contribution in [0.4, 0.5) is 5.69 Å². The topological polar surface area (TPSA) is 49.9 Å². The number of nitrogens with zero attached hydrogens (tertiary/aromatic N) is 2. The van der Waals surface area contributed by atoms with Crippen LogP contribution < -0.4 is 9.64 Å². The second kappa shape index (κ2) is 6.83. The fourth-order valence-electron chi connectivity index (χ4n) is 3.83. The number of anilines is 1. The number of ether oxygens (including phenoxy) is 1. The van der Waals surface area contributed by atoms with Crippen LogP contribution in [0, 0.1) is 5.92 Å². The highest BCUT2D eigenvalue weighted by Crippen LogP contribution is 2.31. The molecule has 0 aliphatic carbocycles. The summed E-state index contributed by atoms with van der Waals surface area (Å²) in [5, 5.41) is 0. The molecule has 0 saturated carbocycles. The second-order valence-electron chi connectivity index (χ2n) is 6.89. The van der Waals surface area contributed by atoms with Crippen molar-refractivity contribution in [2.45, 2.75) is 19.4 Å². The minimum absolute atomic E-state index is 0.0478. The summed E-state index contributed by atoms with van der Waals surface area (Å²) >= 11 is 0. The summed E-state index contributed by atoms with van der Waals surface area (Å²) in [6.45, 7) is 1.73. The van der Waals surface area contributed by atoms with Crippen LogP contribution in [0.3, 0.4) is 0 Å². The number of likely N-dealkylation sites (tertiary alicyclic amines) is 1. The molecule has 26 heavy (non-hydrogen) atoms. The Labute approximate surface area is 153 Å². The highest BCUT2D eigenvalue weighted by molar-refractivity contribution is 6.00. The third kappa shape index (κ3) is 3.05. The number of fused-ring (bicyclic) bond motifs is 1. The van der Waals surface area contributed by atoms with E-state index in [1.165, 1.54) is 5.56 Å². The lowest BCUT2D eigenvalue weighted by Crippen LogP contribution is -2.36. The van der Waals surface area contributed by atoms with Crippen molar-refractivity contribution in [3.05, 3.63) is 59.7 Å². The van der Waals surface area contributed by atoms with Gasteiger partial charge in [-0.25, -0.2) is 0 Å². The Morgan fingerprint density at radius 1 is 1.15 bits per heavy atom. The number of carbonyl (C=O) groups excluding carboxylic acids is 2. The highest BCUT2D eigenvalue weighted by Gasteiger charge is 2.38. The van der Waals surface area contributed by atoms with E-state index in [1.807, 2.05) is 47.4 Å². The first kappa shape index (κ1) is 16.6. The zero-order valence-electron chi connectivity index (χ0n) is 14.9. The number of benzene rings is 2. The lowest BCUT2D eigenvalue weighted by atomic mass is 10.1. The molecular formula is C21H22N2O3. The molecule has 2 aliphatic rings. The fraction of sp³-hybridized carbons (Fsp3) is 0.333. The van der Waals surface area contributed by atoms with E-state index in [-0.39, 0.29) is 17.7 Å². The van der Waals surface area contributed by atoms with Crippen LogP contribution in [0.1, 0.15) is 17.5 Å². The fourth-order valence-corrected chi connectivity index (χ4v) is 3.83. The maximum Gasteiger partial charge on any atom is 0.232 e. The van der Waals surface area contributed by atoms with Crippen molar-refractivity contribution in [1.82, 2.24) is 4.90 Å². The third-order valence-electron chi connectivity index (χ3n) is 5.25. The number of methoxy groups -OCH3 is 1. The van der Waals surface area contributed by atoms with Gasteiger partial charge in [0.25, 0.3) is 0 Å². The molecule has 2 aromatic carbocycles. The normalized spacial score (nSPS) is 19.0. The maximum atomic E-state index is 13.0. The van der Waals surface area contributed by atoms with Gasteiger partial charge in [0, 0.05) is 31.7 Å². The van der Waals surface area contributed by atoms with E-state index >= 15 is 0 Å². The number of carbonyl (C=O) groups is 2. The average Bonchev–Trinajstić information content (AvgIpc) is 3.26. The van der Waals surface area contributed by atoms with E-state index in [1.54, 1.807) is 12.0 Å². The Morgan fingerprint density at radius 2 is 1.92 bits per heavy atom. The molecule has 1 saturated heterocycles. The number of hydrogen-bond acceptors (Lipinski definition) is 3. The van der Waals surface area contributed by atoms with E-state index in [9.17, 15) is 9.59 Å². The number of hydrogen-bond donors (Lipinski definition) is 0. The largest absolute Gasteiger partial charge is 0.497 e. The molecule has 5 heteroatoms. The third-order valence-corrected chi connectivity index (χ3v) is 5.25. The van der Waals surface area contributed by atoms with Crippen molar-refractivity contribution in [3.63, 3.8) is 0 Å². The van der Waals surface area contributed by atoms with Gasteiger partial charge in [-0.15, -0.1) is 0 Å². The smallest absolute Gasteiger partial charge is 0.232 e. The molecule has 2 aromatic rings. The van der Waals surface area contributed by atoms with Crippen LogP contribution in [0.15, 0.2) is 48.5 Å². The van der Waals surface area contributed by atoms with Gasteiger partial charge in [0.1, 0.15) is 5.75 Å². The molecule has 5 nitrogen and oxygen atoms in total. The second-order valence-corrected chi connectivity index (χ2v) is 6.89. The number of para-hydroxylation sites is 1. The van der Waals surface area contributed by atoms with E-state index in [0.717, 1.165) is 23.4 Å². The molecular weight excluding hydrogens is 328 g/mol. The zero-order chi connectivity index (χ0) is 18.1. The van der Waals surface area contributed by atoms with Gasteiger partial charge in [-0.1, -0.05) is 30.3 Å². The average molecular weight is 350 g/mol. The molecule has 0 N–H and O–H groups in total. The molecule has 1 atom stereocenters. The number of amides is 2. The minimum atomic E-state index is -0.257. The van der Waals surface area contributed by atoms with Crippen LogP contribution >= 0.6 is 0 Å². The molecule has 4 rings (SSSR count). The predicted molar refractivity (Wildman–Crippen MR) is 99.0 cm³/mol. The molecule has 0 radical (unpaired) electrons. The van der Waals surface area contributed by atoms with Gasteiger partial charge < -0.3 is 14.5 Å². The lowest BCUT2D eigenvalue weighted by molar-refractivity contribution is -0.128. The first-order valence-corrected chi connectivity index (χ1v) is 8.95. The van der Waals surface area contributed by atoms with Gasteiger partial charge >= 0.3 is 0 Å². The summed E-state index contributed by atoms with van der Waals surface area (Å²) in [6, 6.07) is 15.7. The van der Waals surface area contributed by atoms with Crippen molar-refractivity contribution in [2.24, 2.45) is 5.92 Å². The van der Waals surface area contributed by atoms with Crippen LogP contribution in [0.25, 0.3) is 0 Å². The van der Waals surface area contributed by atoms with Crippen molar-refractivity contribution >= 4 is 17.5 Å². The Kier molecular flexibility index (Phi) is 4.37.